The lowest BCUT2D eigenvalue weighted by Crippen LogP contribution is -2.44. The molecule has 1 N–H and O–H groups in total. The van der Waals surface area contributed by atoms with Crippen molar-refractivity contribution in [3.63, 3.8) is 0 Å². The fraction of sp³-hybridized carbons (Fsp3) is 0.667. The van der Waals surface area contributed by atoms with E-state index in [0.29, 0.717) is 17.6 Å². The van der Waals surface area contributed by atoms with Gasteiger partial charge >= 0.3 is 0 Å². The lowest BCUT2D eigenvalue weighted by molar-refractivity contribution is 0.0593. The molecular weight excluding hydrogens is 252 g/mol. The predicted molar refractivity (Wildman–Crippen MR) is 79.8 cm³/mol. The summed E-state index contributed by atoms with van der Waals surface area (Å²) in [5.41, 5.74) is 0.453. The van der Waals surface area contributed by atoms with E-state index in [2.05, 4.69) is 22.4 Å². The van der Waals surface area contributed by atoms with Crippen molar-refractivity contribution in [2.45, 2.75) is 52.0 Å². The van der Waals surface area contributed by atoms with Crippen LogP contribution in [-0.2, 0) is 0 Å². The van der Waals surface area contributed by atoms with Gasteiger partial charge in [0.25, 0.3) is 5.91 Å². The fourth-order valence-corrected chi connectivity index (χ4v) is 2.77. The van der Waals surface area contributed by atoms with E-state index in [1.165, 1.54) is 6.42 Å². The zero-order valence-electron chi connectivity index (χ0n) is 12.4. The first kappa shape index (κ1) is 14.8. The molecule has 2 rings (SSSR count). The van der Waals surface area contributed by atoms with Gasteiger partial charge in [-0.15, -0.1) is 10.2 Å². The van der Waals surface area contributed by atoms with Gasteiger partial charge in [0.1, 0.15) is 5.82 Å². The van der Waals surface area contributed by atoms with Crippen molar-refractivity contribution in [1.29, 1.82) is 0 Å². The predicted octanol–water partition coefficient (Wildman–Crippen LogP) is 2.70. The average molecular weight is 276 g/mol. The largest absolute Gasteiger partial charge is 0.369 e. The molecule has 1 aromatic rings. The molecule has 1 fully saturated rings. The van der Waals surface area contributed by atoms with Gasteiger partial charge in [0.15, 0.2) is 5.69 Å². The molecule has 20 heavy (non-hydrogen) atoms. The molecule has 1 aliphatic heterocycles. The van der Waals surface area contributed by atoms with Crippen molar-refractivity contribution in [2.24, 2.45) is 0 Å². The highest BCUT2D eigenvalue weighted by atomic mass is 16.2. The van der Waals surface area contributed by atoms with Gasteiger partial charge in [-0.3, -0.25) is 4.79 Å². The Morgan fingerprint density at radius 3 is 2.85 bits per heavy atom. The molecule has 0 aliphatic carbocycles. The average Bonchev–Trinajstić information content (AvgIpc) is 2.49. The van der Waals surface area contributed by atoms with E-state index >= 15 is 0 Å². The van der Waals surface area contributed by atoms with Crippen LogP contribution in [0.25, 0.3) is 0 Å². The molecular formula is C15H24N4O. The normalized spacial score (nSPS) is 18.9. The Balaban J connectivity index is 2.08. The summed E-state index contributed by atoms with van der Waals surface area (Å²) in [5.74, 6) is 0.742. The van der Waals surface area contributed by atoms with Gasteiger partial charge in [0.2, 0.25) is 0 Å². The summed E-state index contributed by atoms with van der Waals surface area (Å²) < 4.78 is 0. The van der Waals surface area contributed by atoms with Gasteiger partial charge in [0, 0.05) is 19.1 Å². The molecule has 1 unspecified atom stereocenters. The van der Waals surface area contributed by atoms with Crippen molar-refractivity contribution >= 4 is 11.7 Å². The van der Waals surface area contributed by atoms with Crippen LogP contribution < -0.4 is 5.32 Å². The highest BCUT2D eigenvalue weighted by molar-refractivity contribution is 5.92. The van der Waals surface area contributed by atoms with Gasteiger partial charge < -0.3 is 10.2 Å². The molecule has 1 aromatic heterocycles. The maximum Gasteiger partial charge on any atom is 0.274 e. The van der Waals surface area contributed by atoms with Crippen LogP contribution in [0, 0.1) is 0 Å². The van der Waals surface area contributed by atoms with E-state index in [0.717, 1.165) is 38.8 Å². The number of anilines is 1. The van der Waals surface area contributed by atoms with Crippen LogP contribution in [0.2, 0.25) is 0 Å². The smallest absolute Gasteiger partial charge is 0.274 e. The Morgan fingerprint density at radius 1 is 1.35 bits per heavy atom. The number of carbonyl (C=O) groups excluding carboxylic acids is 1. The van der Waals surface area contributed by atoms with Gasteiger partial charge in [0.05, 0.1) is 0 Å². The first-order valence-corrected chi connectivity index (χ1v) is 7.64. The van der Waals surface area contributed by atoms with E-state index < -0.39 is 0 Å². The molecule has 0 bridgehead atoms. The van der Waals surface area contributed by atoms with Crippen LogP contribution in [0.1, 0.15) is 56.4 Å². The van der Waals surface area contributed by atoms with Gasteiger partial charge in [-0.25, -0.2) is 0 Å². The topological polar surface area (TPSA) is 58.1 Å². The second-order valence-corrected chi connectivity index (χ2v) is 5.27. The number of rotatable bonds is 5. The van der Waals surface area contributed by atoms with Crippen molar-refractivity contribution in [2.75, 3.05) is 18.4 Å². The molecule has 1 saturated heterocycles. The van der Waals surface area contributed by atoms with Gasteiger partial charge in [-0.1, -0.05) is 13.3 Å². The summed E-state index contributed by atoms with van der Waals surface area (Å²) in [6.45, 7) is 5.82. The first-order chi connectivity index (χ1) is 9.76. The minimum atomic E-state index is 0.0266. The number of hydrogen-bond acceptors (Lipinski definition) is 4. The lowest BCUT2D eigenvalue weighted by atomic mass is 9.98. The summed E-state index contributed by atoms with van der Waals surface area (Å²) in [6.07, 6.45) is 5.62. The Kier molecular flexibility index (Phi) is 5.32. The minimum absolute atomic E-state index is 0.0266. The first-order valence-electron chi connectivity index (χ1n) is 7.64. The molecule has 0 saturated carbocycles. The molecule has 110 valence electrons. The zero-order valence-corrected chi connectivity index (χ0v) is 12.4. The van der Waals surface area contributed by atoms with E-state index in [9.17, 15) is 4.79 Å². The van der Waals surface area contributed by atoms with Crippen LogP contribution in [0.4, 0.5) is 5.82 Å². The Morgan fingerprint density at radius 2 is 2.20 bits per heavy atom. The fourth-order valence-electron chi connectivity index (χ4n) is 2.77. The third-order valence-electron chi connectivity index (χ3n) is 3.75. The second-order valence-electron chi connectivity index (χ2n) is 5.27. The summed E-state index contributed by atoms with van der Waals surface area (Å²) in [6, 6.07) is 3.96. The highest BCUT2D eigenvalue weighted by Gasteiger charge is 2.27. The summed E-state index contributed by atoms with van der Waals surface area (Å²) in [4.78, 5) is 14.5. The summed E-state index contributed by atoms with van der Waals surface area (Å²) >= 11 is 0. The van der Waals surface area contributed by atoms with Gasteiger partial charge in [-0.05, 0) is 44.7 Å². The summed E-state index contributed by atoms with van der Waals surface area (Å²) in [5, 5.41) is 11.2. The van der Waals surface area contributed by atoms with Crippen LogP contribution >= 0.6 is 0 Å². The molecule has 1 atom stereocenters. The molecule has 2 heterocycles. The molecule has 0 spiro atoms. The van der Waals surface area contributed by atoms with E-state index in [1.54, 1.807) is 6.07 Å². The number of likely N-dealkylation sites (tertiary alicyclic amines) is 1. The van der Waals surface area contributed by atoms with Crippen molar-refractivity contribution in [3.8, 4) is 0 Å². The Hall–Kier alpha value is -1.65. The number of piperidine rings is 1. The zero-order chi connectivity index (χ0) is 14.4. The molecule has 0 aromatic carbocycles. The number of amides is 1. The molecule has 1 amide bonds. The quantitative estimate of drug-likeness (QED) is 0.898. The van der Waals surface area contributed by atoms with E-state index in [1.807, 2.05) is 17.9 Å². The number of carbonyl (C=O) groups is 1. The molecule has 5 nitrogen and oxygen atoms in total. The highest BCUT2D eigenvalue weighted by Crippen LogP contribution is 2.22. The minimum Gasteiger partial charge on any atom is -0.369 e. The number of aromatic nitrogens is 2. The van der Waals surface area contributed by atoms with Crippen LogP contribution in [0.3, 0.4) is 0 Å². The standard InChI is InChI=1S/C15H24N4O/c1-3-7-12-8-5-6-11-19(12)15(20)13-9-10-14(16-4-2)18-17-13/h9-10,12H,3-8,11H2,1-2H3,(H,16,18). The van der Waals surface area contributed by atoms with Gasteiger partial charge in [-0.2, -0.15) is 0 Å². The third-order valence-corrected chi connectivity index (χ3v) is 3.75. The van der Waals surface area contributed by atoms with Crippen LogP contribution in [-0.4, -0.2) is 40.1 Å². The third kappa shape index (κ3) is 3.46. The van der Waals surface area contributed by atoms with Crippen molar-refractivity contribution < 1.29 is 4.79 Å². The SMILES string of the molecule is CCCC1CCCCN1C(=O)c1ccc(NCC)nn1. The maximum atomic E-state index is 12.6. The van der Waals surface area contributed by atoms with Crippen LogP contribution in [0.5, 0.6) is 0 Å². The molecule has 5 heteroatoms. The van der Waals surface area contributed by atoms with E-state index in [-0.39, 0.29) is 5.91 Å². The number of nitrogens with one attached hydrogen (secondary N) is 1. The van der Waals surface area contributed by atoms with Crippen LogP contribution in [0.15, 0.2) is 12.1 Å². The Bertz CT molecular complexity index is 430. The van der Waals surface area contributed by atoms with E-state index in [4.69, 9.17) is 0 Å². The number of hydrogen-bond donors (Lipinski definition) is 1. The lowest BCUT2D eigenvalue weighted by Gasteiger charge is -2.35. The monoisotopic (exact) mass is 276 g/mol. The Labute approximate surface area is 120 Å². The number of nitrogens with zero attached hydrogens (tertiary/aromatic N) is 3. The maximum absolute atomic E-state index is 12.6. The van der Waals surface area contributed by atoms with Crippen molar-refractivity contribution in [1.82, 2.24) is 15.1 Å². The second kappa shape index (κ2) is 7.22. The molecule has 0 radical (unpaired) electrons. The molecule has 1 aliphatic rings. The van der Waals surface area contributed by atoms with Crippen molar-refractivity contribution in [3.05, 3.63) is 17.8 Å². The summed E-state index contributed by atoms with van der Waals surface area (Å²) in [7, 11) is 0.